The lowest BCUT2D eigenvalue weighted by Gasteiger charge is -2.32. The van der Waals surface area contributed by atoms with Crippen molar-refractivity contribution in [1.82, 2.24) is 10.2 Å². The van der Waals surface area contributed by atoms with Crippen LogP contribution >= 0.6 is 28.3 Å². The Bertz CT molecular complexity index is 893. The lowest BCUT2D eigenvalue weighted by atomic mass is 10.1. The largest absolute Gasteiger partial charge is 0.439 e. The molecule has 3 rings (SSSR count). The van der Waals surface area contributed by atoms with Crippen molar-refractivity contribution in [2.45, 2.75) is 42.2 Å². The van der Waals surface area contributed by atoms with Crippen LogP contribution < -0.4 is 5.32 Å². The van der Waals surface area contributed by atoms with E-state index in [1.807, 2.05) is 0 Å². The van der Waals surface area contributed by atoms with Crippen molar-refractivity contribution in [2.75, 3.05) is 19.6 Å². The Hall–Kier alpha value is -1.35. The molecule has 0 aliphatic carbocycles. The Kier molecular flexibility index (Phi) is 8.12. The molecule has 1 aromatic carbocycles. The molecule has 0 radical (unpaired) electrons. The molecule has 1 aromatic heterocycles. The Morgan fingerprint density at radius 3 is 2.43 bits per heavy atom. The van der Waals surface area contributed by atoms with E-state index in [2.05, 4.69) is 33.1 Å². The monoisotopic (exact) mass is 490 g/mol. The number of piperidine rings is 1. The number of hydrogen-bond acceptors (Lipinski definition) is 5. The van der Waals surface area contributed by atoms with E-state index >= 15 is 0 Å². The van der Waals surface area contributed by atoms with Crippen molar-refractivity contribution in [1.29, 1.82) is 0 Å². The smallest absolute Gasteiger partial charge is 0.287 e. The molecule has 0 saturated carbocycles. The van der Waals surface area contributed by atoms with Crippen LogP contribution in [0.3, 0.4) is 0 Å². The maximum Gasteiger partial charge on any atom is 0.287 e. The minimum atomic E-state index is -3.79. The van der Waals surface area contributed by atoms with Gasteiger partial charge in [-0.3, -0.25) is 9.69 Å². The van der Waals surface area contributed by atoms with Crippen LogP contribution in [-0.4, -0.2) is 44.9 Å². The van der Waals surface area contributed by atoms with Crippen LogP contribution in [0.15, 0.2) is 55.3 Å². The molecule has 1 aliphatic heterocycles. The molecule has 1 atom stereocenters. The number of carbonyl (C=O) groups is 1. The number of amides is 1. The molecule has 1 amide bonds. The average Bonchev–Trinajstić information content (AvgIpc) is 3.18. The minimum Gasteiger partial charge on any atom is -0.439 e. The molecule has 1 N–H and O–H groups in total. The fourth-order valence-corrected chi connectivity index (χ4v) is 4.57. The summed E-state index contributed by atoms with van der Waals surface area (Å²) in [7, 11) is -3.79. The fraction of sp³-hybridized carbons (Fsp3) is 0.421. The molecule has 1 unspecified atom stereocenters. The normalized spacial score (nSPS) is 16.2. The molecule has 1 saturated heterocycles. The molecule has 154 valence electrons. The highest BCUT2D eigenvalue weighted by atomic mass is 79.9. The minimum absolute atomic E-state index is 0. The maximum absolute atomic E-state index is 12.6. The number of benzene rings is 1. The van der Waals surface area contributed by atoms with Gasteiger partial charge in [-0.1, -0.05) is 22.4 Å². The molecular weight excluding hydrogens is 468 g/mol. The van der Waals surface area contributed by atoms with Gasteiger partial charge < -0.3 is 9.73 Å². The Balaban J connectivity index is 0.00000280. The van der Waals surface area contributed by atoms with Gasteiger partial charge in [0.15, 0.2) is 5.76 Å². The number of furan rings is 1. The van der Waals surface area contributed by atoms with E-state index in [0.29, 0.717) is 6.54 Å². The van der Waals surface area contributed by atoms with Crippen LogP contribution in [0.25, 0.3) is 0 Å². The number of halogens is 2. The first-order chi connectivity index (χ1) is 12.9. The first-order valence-corrected chi connectivity index (χ1v) is 11.3. The van der Waals surface area contributed by atoms with Crippen LogP contribution in [0.2, 0.25) is 0 Å². The Morgan fingerprint density at radius 2 is 1.79 bits per heavy atom. The summed E-state index contributed by atoms with van der Waals surface area (Å²) in [6.45, 7) is 4.67. The third-order valence-corrected chi connectivity index (χ3v) is 6.94. The number of likely N-dealkylation sites (tertiary alicyclic amines) is 1. The van der Waals surface area contributed by atoms with E-state index in [1.165, 1.54) is 43.5 Å². The number of hydrogen-bond donors (Lipinski definition) is 1. The summed E-state index contributed by atoms with van der Waals surface area (Å²) in [5.74, 6) is -0.410. The van der Waals surface area contributed by atoms with Crippen molar-refractivity contribution >= 4 is 44.1 Å². The number of carbonyl (C=O) groups excluding carboxylic acids is 1. The first-order valence-electron chi connectivity index (χ1n) is 9.00. The summed E-state index contributed by atoms with van der Waals surface area (Å²) < 4.78 is 31.3. The number of rotatable bonds is 6. The predicted octanol–water partition coefficient (Wildman–Crippen LogP) is 3.90. The van der Waals surface area contributed by atoms with Crippen molar-refractivity contribution < 1.29 is 17.6 Å². The Morgan fingerprint density at radius 1 is 1.14 bits per heavy atom. The van der Waals surface area contributed by atoms with Crippen LogP contribution in [0.5, 0.6) is 0 Å². The summed E-state index contributed by atoms with van der Waals surface area (Å²) in [5, 5.41) is 2.60. The van der Waals surface area contributed by atoms with Crippen molar-refractivity contribution in [3.8, 4) is 0 Å². The van der Waals surface area contributed by atoms with Gasteiger partial charge in [-0.25, -0.2) is 8.42 Å². The fourth-order valence-electron chi connectivity index (χ4n) is 3.13. The first kappa shape index (κ1) is 22.9. The number of nitrogens with zero attached hydrogens (tertiary/aromatic N) is 1. The van der Waals surface area contributed by atoms with Gasteiger partial charge in [0.05, 0.1) is 4.90 Å². The SMILES string of the molecule is CC(CNC(=O)c1ccc(S(=O)(=O)c2ccc(Br)cc2)o1)N1CCCCC1.Cl. The van der Waals surface area contributed by atoms with Gasteiger partial charge >= 0.3 is 0 Å². The van der Waals surface area contributed by atoms with E-state index in [9.17, 15) is 13.2 Å². The van der Waals surface area contributed by atoms with Crippen molar-refractivity contribution in [3.05, 3.63) is 46.6 Å². The summed E-state index contributed by atoms with van der Waals surface area (Å²) in [5.41, 5.74) is 0. The lowest BCUT2D eigenvalue weighted by molar-refractivity contribution is 0.0897. The van der Waals surface area contributed by atoms with Crippen molar-refractivity contribution in [2.24, 2.45) is 0 Å². The number of sulfone groups is 1. The average molecular weight is 492 g/mol. The quantitative estimate of drug-likeness (QED) is 0.663. The van der Waals surface area contributed by atoms with Crippen LogP contribution in [0, 0.1) is 0 Å². The second-order valence-electron chi connectivity index (χ2n) is 6.73. The molecule has 6 nitrogen and oxygen atoms in total. The second-order valence-corrected chi connectivity index (χ2v) is 9.53. The molecule has 0 bridgehead atoms. The highest BCUT2D eigenvalue weighted by Gasteiger charge is 2.24. The zero-order valence-electron chi connectivity index (χ0n) is 15.6. The topological polar surface area (TPSA) is 79.6 Å². The molecule has 28 heavy (non-hydrogen) atoms. The molecule has 0 spiro atoms. The van der Waals surface area contributed by atoms with Gasteiger partial charge in [-0.2, -0.15) is 0 Å². The standard InChI is InChI=1S/C19H23BrN2O4S.ClH/c1-14(22-11-3-2-4-12-22)13-21-19(23)17-9-10-18(26-17)27(24,25)16-7-5-15(20)6-8-16;/h5-10,14H,2-4,11-13H2,1H3,(H,21,23);1H. The van der Waals surface area contributed by atoms with E-state index in [0.717, 1.165) is 17.6 Å². The predicted molar refractivity (Wildman–Crippen MR) is 113 cm³/mol. The molecule has 9 heteroatoms. The van der Waals surface area contributed by atoms with Crippen LogP contribution in [-0.2, 0) is 9.84 Å². The van der Waals surface area contributed by atoms with E-state index in [-0.39, 0.29) is 34.2 Å². The van der Waals surface area contributed by atoms with Crippen LogP contribution in [0.1, 0.15) is 36.7 Å². The third-order valence-electron chi connectivity index (χ3n) is 4.77. The van der Waals surface area contributed by atoms with Gasteiger partial charge in [-0.05, 0) is 69.3 Å². The molecule has 2 aromatic rings. The summed E-state index contributed by atoms with van der Waals surface area (Å²) >= 11 is 3.27. The van der Waals surface area contributed by atoms with Gasteiger partial charge in [0.2, 0.25) is 14.9 Å². The maximum atomic E-state index is 12.6. The molecule has 1 fully saturated rings. The molecular formula is C19H24BrClN2O4S. The highest BCUT2D eigenvalue weighted by Crippen LogP contribution is 2.24. The van der Waals surface area contributed by atoms with Gasteiger partial charge in [-0.15, -0.1) is 12.4 Å². The summed E-state index contributed by atoms with van der Waals surface area (Å²) in [4.78, 5) is 14.8. The zero-order valence-corrected chi connectivity index (χ0v) is 18.8. The Labute approximate surface area is 180 Å². The summed E-state index contributed by atoms with van der Waals surface area (Å²) in [6, 6.07) is 9.21. The number of nitrogens with one attached hydrogen (secondary N) is 1. The van der Waals surface area contributed by atoms with E-state index in [1.54, 1.807) is 12.1 Å². The second kappa shape index (κ2) is 9.91. The van der Waals surface area contributed by atoms with Gasteiger partial charge in [0, 0.05) is 17.1 Å². The molecule has 2 heterocycles. The van der Waals surface area contributed by atoms with Crippen molar-refractivity contribution in [3.63, 3.8) is 0 Å². The third kappa shape index (κ3) is 5.37. The lowest BCUT2D eigenvalue weighted by Crippen LogP contribution is -2.44. The van der Waals surface area contributed by atoms with Crippen LogP contribution in [0.4, 0.5) is 0 Å². The summed E-state index contributed by atoms with van der Waals surface area (Å²) in [6.07, 6.45) is 3.64. The van der Waals surface area contributed by atoms with E-state index < -0.39 is 15.7 Å². The molecule has 1 aliphatic rings. The van der Waals surface area contributed by atoms with E-state index in [4.69, 9.17) is 4.42 Å². The van der Waals surface area contributed by atoms with Gasteiger partial charge in [0.1, 0.15) is 0 Å². The highest BCUT2D eigenvalue weighted by molar-refractivity contribution is 9.10. The van der Waals surface area contributed by atoms with Gasteiger partial charge in [0.25, 0.3) is 5.91 Å². The zero-order chi connectivity index (χ0) is 19.4.